The maximum absolute atomic E-state index is 13.6. The third-order valence-electron chi connectivity index (χ3n) is 4.29. The van der Waals surface area contributed by atoms with Crippen LogP contribution in [0.4, 0.5) is 4.39 Å². The van der Waals surface area contributed by atoms with Gasteiger partial charge in [-0.15, -0.1) is 0 Å². The van der Waals surface area contributed by atoms with Gasteiger partial charge in [-0.05, 0) is 55.1 Å². The van der Waals surface area contributed by atoms with Crippen LogP contribution in [0.5, 0.6) is 0 Å². The van der Waals surface area contributed by atoms with Crippen LogP contribution in [-0.2, 0) is 11.3 Å². The monoisotopic (exact) mass is 294 g/mol. The van der Waals surface area contributed by atoms with Gasteiger partial charge in [-0.1, -0.05) is 6.92 Å². The van der Waals surface area contributed by atoms with Crippen LogP contribution in [0, 0.1) is 22.9 Å². The summed E-state index contributed by atoms with van der Waals surface area (Å²) >= 11 is 5.41. The van der Waals surface area contributed by atoms with Crippen LogP contribution in [0.1, 0.15) is 25.3 Å². The first-order chi connectivity index (χ1) is 9.48. The molecular formula is C15H19FN2OS. The summed E-state index contributed by atoms with van der Waals surface area (Å²) in [4.78, 5) is 3.11. The standard InChI is InChI=1S/C15H19FN2OS/c1-10-7-13-12(8-11(10)16)17-14(20)18(13)9-15(2)3-5-19-6-4-15/h7-8H,3-6,9H2,1-2H3,(H,17,20). The smallest absolute Gasteiger partial charge is 0.178 e. The van der Waals surface area contributed by atoms with E-state index in [2.05, 4.69) is 16.5 Å². The number of H-pyrrole nitrogens is 1. The number of fused-ring (bicyclic) bond motifs is 1. The molecular weight excluding hydrogens is 275 g/mol. The number of aromatic nitrogens is 2. The van der Waals surface area contributed by atoms with Gasteiger partial charge in [-0.3, -0.25) is 0 Å². The molecule has 0 spiro atoms. The summed E-state index contributed by atoms with van der Waals surface area (Å²) in [6.45, 7) is 6.51. The average Bonchev–Trinajstić information content (AvgIpc) is 2.67. The van der Waals surface area contributed by atoms with Gasteiger partial charge in [0.2, 0.25) is 0 Å². The second-order valence-corrected chi connectivity index (χ2v) is 6.44. The molecule has 1 aliphatic rings. The van der Waals surface area contributed by atoms with Crippen LogP contribution in [0.2, 0.25) is 0 Å². The van der Waals surface area contributed by atoms with Crippen LogP contribution in [0.15, 0.2) is 12.1 Å². The molecule has 0 atom stereocenters. The van der Waals surface area contributed by atoms with E-state index >= 15 is 0 Å². The average molecular weight is 294 g/mol. The second kappa shape index (κ2) is 4.97. The number of halogens is 1. The summed E-state index contributed by atoms with van der Waals surface area (Å²) in [5.74, 6) is -0.196. The molecule has 0 unspecified atom stereocenters. The topological polar surface area (TPSA) is 29.9 Å². The van der Waals surface area contributed by atoms with Crippen molar-refractivity contribution < 1.29 is 9.13 Å². The van der Waals surface area contributed by atoms with E-state index in [4.69, 9.17) is 17.0 Å². The summed E-state index contributed by atoms with van der Waals surface area (Å²) in [7, 11) is 0. The molecule has 0 saturated carbocycles. The van der Waals surface area contributed by atoms with E-state index in [9.17, 15) is 4.39 Å². The van der Waals surface area contributed by atoms with Crippen molar-refractivity contribution in [2.75, 3.05) is 13.2 Å². The van der Waals surface area contributed by atoms with Crippen molar-refractivity contribution in [3.8, 4) is 0 Å². The van der Waals surface area contributed by atoms with Crippen molar-refractivity contribution in [3.05, 3.63) is 28.3 Å². The number of imidazole rings is 1. The molecule has 20 heavy (non-hydrogen) atoms. The minimum atomic E-state index is -0.196. The number of aromatic amines is 1. The minimum absolute atomic E-state index is 0.188. The lowest BCUT2D eigenvalue weighted by atomic mass is 9.82. The van der Waals surface area contributed by atoms with E-state index in [0.29, 0.717) is 10.3 Å². The van der Waals surface area contributed by atoms with Crippen molar-refractivity contribution in [1.82, 2.24) is 9.55 Å². The van der Waals surface area contributed by atoms with E-state index in [1.807, 2.05) is 6.07 Å². The van der Waals surface area contributed by atoms with Crippen LogP contribution >= 0.6 is 12.2 Å². The molecule has 0 amide bonds. The highest BCUT2D eigenvalue weighted by Gasteiger charge is 2.28. The third-order valence-corrected chi connectivity index (χ3v) is 4.62. The number of hydrogen-bond acceptors (Lipinski definition) is 2. The molecule has 3 nitrogen and oxygen atoms in total. The number of hydrogen-bond donors (Lipinski definition) is 1. The number of benzene rings is 1. The first-order valence-electron chi connectivity index (χ1n) is 6.95. The Hall–Kier alpha value is -1.20. The van der Waals surface area contributed by atoms with Crippen molar-refractivity contribution >= 4 is 23.3 Å². The van der Waals surface area contributed by atoms with Crippen LogP contribution in [0.3, 0.4) is 0 Å². The highest BCUT2D eigenvalue weighted by molar-refractivity contribution is 7.71. The Kier molecular flexibility index (Phi) is 3.42. The molecule has 2 aromatic rings. The fraction of sp³-hybridized carbons (Fsp3) is 0.533. The van der Waals surface area contributed by atoms with E-state index in [0.717, 1.165) is 43.6 Å². The van der Waals surface area contributed by atoms with E-state index < -0.39 is 0 Å². The SMILES string of the molecule is Cc1cc2c(cc1F)[nH]c(=S)n2CC1(C)CCOCC1. The maximum Gasteiger partial charge on any atom is 0.178 e. The molecule has 1 fully saturated rings. The lowest BCUT2D eigenvalue weighted by molar-refractivity contribution is 0.0158. The Morgan fingerprint density at radius 3 is 2.80 bits per heavy atom. The minimum Gasteiger partial charge on any atom is -0.381 e. The van der Waals surface area contributed by atoms with E-state index in [1.165, 1.54) is 6.07 Å². The molecule has 5 heteroatoms. The summed E-state index contributed by atoms with van der Waals surface area (Å²) in [5, 5.41) is 0. The zero-order chi connectivity index (χ0) is 14.3. The largest absolute Gasteiger partial charge is 0.381 e. The van der Waals surface area contributed by atoms with E-state index in [1.54, 1.807) is 6.92 Å². The number of rotatable bonds is 2. The Morgan fingerprint density at radius 1 is 1.40 bits per heavy atom. The van der Waals surface area contributed by atoms with Gasteiger partial charge in [0.25, 0.3) is 0 Å². The summed E-state index contributed by atoms with van der Waals surface area (Å²) < 4.78 is 21.9. The maximum atomic E-state index is 13.6. The highest BCUT2D eigenvalue weighted by atomic mass is 32.1. The molecule has 1 N–H and O–H groups in total. The molecule has 1 saturated heterocycles. The molecule has 1 aliphatic heterocycles. The Balaban J connectivity index is 2.04. The fourth-order valence-electron chi connectivity index (χ4n) is 2.84. The predicted octanol–water partition coefficient (Wildman–Crippen LogP) is 3.96. The fourth-order valence-corrected chi connectivity index (χ4v) is 3.12. The van der Waals surface area contributed by atoms with Gasteiger partial charge in [0.05, 0.1) is 11.0 Å². The van der Waals surface area contributed by atoms with Crippen molar-refractivity contribution in [2.24, 2.45) is 5.41 Å². The first kappa shape index (κ1) is 13.8. The lowest BCUT2D eigenvalue weighted by Gasteiger charge is -2.33. The second-order valence-electron chi connectivity index (χ2n) is 6.06. The summed E-state index contributed by atoms with van der Waals surface area (Å²) in [5.41, 5.74) is 2.60. The van der Waals surface area contributed by atoms with Gasteiger partial charge in [-0.25, -0.2) is 4.39 Å². The molecule has 3 rings (SSSR count). The predicted molar refractivity (Wildman–Crippen MR) is 80.0 cm³/mol. The van der Waals surface area contributed by atoms with Gasteiger partial charge in [-0.2, -0.15) is 0 Å². The van der Waals surface area contributed by atoms with Crippen LogP contribution in [-0.4, -0.2) is 22.8 Å². The van der Waals surface area contributed by atoms with Crippen molar-refractivity contribution in [1.29, 1.82) is 0 Å². The van der Waals surface area contributed by atoms with E-state index in [-0.39, 0.29) is 11.2 Å². The van der Waals surface area contributed by atoms with Crippen LogP contribution < -0.4 is 0 Å². The zero-order valence-electron chi connectivity index (χ0n) is 11.8. The molecule has 0 aliphatic carbocycles. The third kappa shape index (κ3) is 2.40. The normalized spacial score (nSPS) is 18.6. The Labute approximate surface area is 122 Å². The molecule has 1 aromatic carbocycles. The number of aryl methyl sites for hydroxylation is 1. The van der Waals surface area contributed by atoms with Crippen molar-refractivity contribution in [2.45, 2.75) is 33.2 Å². The van der Waals surface area contributed by atoms with Gasteiger partial charge in [0.15, 0.2) is 4.77 Å². The van der Waals surface area contributed by atoms with Crippen LogP contribution in [0.25, 0.3) is 11.0 Å². The van der Waals surface area contributed by atoms with Gasteiger partial charge in [0, 0.05) is 19.8 Å². The number of ether oxygens (including phenoxy) is 1. The van der Waals surface area contributed by atoms with Crippen molar-refractivity contribution in [3.63, 3.8) is 0 Å². The highest BCUT2D eigenvalue weighted by Crippen LogP contribution is 2.33. The van der Waals surface area contributed by atoms with Gasteiger partial charge >= 0.3 is 0 Å². The zero-order valence-corrected chi connectivity index (χ0v) is 12.6. The Morgan fingerprint density at radius 2 is 2.10 bits per heavy atom. The first-order valence-corrected chi connectivity index (χ1v) is 7.36. The Bertz CT molecular complexity index is 698. The van der Waals surface area contributed by atoms with Gasteiger partial charge in [0.1, 0.15) is 5.82 Å². The van der Waals surface area contributed by atoms with Gasteiger partial charge < -0.3 is 14.3 Å². The number of nitrogens with one attached hydrogen (secondary N) is 1. The molecule has 0 bridgehead atoms. The molecule has 108 valence electrons. The quantitative estimate of drug-likeness (QED) is 0.850. The lowest BCUT2D eigenvalue weighted by Crippen LogP contribution is -2.31. The summed E-state index contributed by atoms with van der Waals surface area (Å²) in [6.07, 6.45) is 2.06. The summed E-state index contributed by atoms with van der Waals surface area (Å²) in [6, 6.07) is 3.41. The molecule has 2 heterocycles. The molecule has 0 radical (unpaired) electrons. The number of nitrogens with zero attached hydrogens (tertiary/aromatic N) is 1. The molecule has 1 aromatic heterocycles.